The lowest BCUT2D eigenvalue weighted by Crippen LogP contribution is -2.26. The Morgan fingerprint density at radius 3 is 2.88 bits per heavy atom. The van der Waals surface area contributed by atoms with E-state index in [2.05, 4.69) is 26.3 Å². The molecule has 1 unspecified atom stereocenters. The van der Waals surface area contributed by atoms with E-state index in [-0.39, 0.29) is 5.75 Å². The number of nitrogens with zero attached hydrogens (tertiary/aromatic N) is 1. The first-order valence-electron chi connectivity index (χ1n) is 11.1. The number of hydrogen-bond donors (Lipinski definition) is 4. The number of rotatable bonds is 12. The third kappa shape index (κ3) is 5.79. The summed E-state index contributed by atoms with van der Waals surface area (Å²) in [5, 5.41) is 22.3. The van der Waals surface area contributed by atoms with Crippen LogP contribution in [0, 0.1) is 0 Å². The van der Waals surface area contributed by atoms with E-state index in [0.29, 0.717) is 43.3 Å². The van der Waals surface area contributed by atoms with Crippen LogP contribution in [0.25, 0.3) is 10.9 Å². The zero-order valence-corrected chi connectivity index (χ0v) is 19.0. The first kappa shape index (κ1) is 22.6. The molecule has 8 nitrogen and oxygen atoms in total. The van der Waals surface area contributed by atoms with Crippen LogP contribution in [0.5, 0.6) is 5.75 Å². The van der Waals surface area contributed by atoms with Crippen LogP contribution in [0.15, 0.2) is 42.5 Å². The summed E-state index contributed by atoms with van der Waals surface area (Å²) in [6.07, 6.45) is 2.24. The quantitative estimate of drug-likeness (QED) is 0.310. The van der Waals surface area contributed by atoms with E-state index in [1.807, 2.05) is 19.1 Å². The van der Waals surface area contributed by atoms with Gasteiger partial charge in [0.2, 0.25) is 10.0 Å². The summed E-state index contributed by atoms with van der Waals surface area (Å²) in [6, 6.07) is 12.8. The van der Waals surface area contributed by atoms with Crippen LogP contribution >= 0.6 is 0 Å². The van der Waals surface area contributed by atoms with E-state index in [9.17, 15) is 13.5 Å². The fourth-order valence-electron chi connectivity index (χ4n) is 3.69. The Hall–Kier alpha value is -2.62. The molecule has 0 bridgehead atoms. The molecule has 9 heteroatoms. The van der Waals surface area contributed by atoms with Crippen molar-refractivity contribution < 1.29 is 18.3 Å². The summed E-state index contributed by atoms with van der Waals surface area (Å²) in [5.41, 5.74) is 3.24. The van der Waals surface area contributed by atoms with Crippen molar-refractivity contribution in [2.45, 2.75) is 38.2 Å². The summed E-state index contributed by atoms with van der Waals surface area (Å²) in [4.78, 5) is 0. The average Bonchev–Trinajstić information content (AvgIpc) is 3.52. The van der Waals surface area contributed by atoms with Gasteiger partial charge >= 0.3 is 0 Å². The molecule has 0 saturated heterocycles. The van der Waals surface area contributed by atoms with Crippen LogP contribution in [0.1, 0.15) is 49.5 Å². The van der Waals surface area contributed by atoms with Crippen LogP contribution in [0.4, 0.5) is 5.69 Å². The minimum Gasteiger partial charge on any atom is -0.492 e. The maximum atomic E-state index is 11.9. The topological polar surface area (TPSA) is 116 Å². The van der Waals surface area contributed by atoms with Crippen molar-refractivity contribution in [1.29, 1.82) is 0 Å². The summed E-state index contributed by atoms with van der Waals surface area (Å²) in [6.45, 7) is 3.16. The molecule has 1 saturated carbocycles. The molecule has 1 fully saturated rings. The number of aliphatic hydroxyl groups is 1. The van der Waals surface area contributed by atoms with Crippen molar-refractivity contribution in [2.75, 3.05) is 30.2 Å². The van der Waals surface area contributed by atoms with E-state index in [0.717, 1.165) is 11.3 Å². The largest absolute Gasteiger partial charge is 0.492 e. The van der Waals surface area contributed by atoms with Crippen molar-refractivity contribution in [3.8, 4) is 5.75 Å². The summed E-state index contributed by atoms with van der Waals surface area (Å²) in [7, 11) is -3.36. The Kier molecular flexibility index (Phi) is 6.98. The van der Waals surface area contributed by atoms with Gasteiger partial charge in [0.25, 0.3) is 0 Å². The standard InChI is InChI=1S/C23H30N4O4S/c1-2-12-32(29,30)27-18-5-3-4-17(13-18)22(28)15-24-10-11-31-19-8-9-20-21(14-19)25-26-23(20)16-6-7-16/h3-5,8-9,13-14,16,22,24,27-28H,2,6-7,10-12,15H2,1H3,(H,25,26). The molecule has 1 atom stereocenters. The van der Waals surface area contributed by atoms with Gasteiger partial charge in [0, 0.05) is 41.8 Å². The molecule has 0 aliphatic heterocycles. The molecule has 4 rings (SSSR count). The summed E-state index contributed by atoms with van der Waals surface area (Å²) < 4.78 is 32.2. The fraction of sp³-hybridized carbons (Fsp3) is 0.435. The normalized spacial score (nSPS) is 15.1. The number of sulfonamides is 1. The van der Waals surface area contributed by atoms with Gasteiger partial charge in [-0.05, 0) is 49.1 Å². The zero-order valence-electron chi connectivity index (χ0n) is 18.2. The summed E-state index contributed by atoms with van der Waals surface area (Å²) in [5.74, 6) is 1.45. The van der Waals surface area contributed by atoms with Crippen LogP contribution in [0.2, 0.25) is 0 Å². The first-order valence-corrected chi connectivity index (χ1v) is 12.7. The third-order valence-corrected chi connectivity index (χ3v) is 6.94. The average molecular weight is 459 g/mol. The second-order valence-corrected chi connectivity index (χ2v) is 10.0. The number of hydrogen-bond acceptors (Lipinski definition) is 6. The highest BCUT2D eigenvalue weighted by atomic mass is 32.2. The van der Waals surface area contributed by atoms with Gasteiger partial charge in [-0.15, -0.1) is 0 Å². The fourth-order valence-corrected chi connectivity index (χ4v) is 4.82. The van der Waals surface area contributed by atoms with Crippen molar-refractivity contribution in [2.24, 2.45) is 0 Å². The molecule has 3 aromatic rings. The highest BCUT2D eigenvalue weighted by Gasteiger charge is 2.27. The predicted molar refractivity (Wildman–Crippen MR) is 126 cm³/mol. The molecule has 4 N–H and O–H groups in total. The molecule has 2 aromatic carbocycles. The SMILES string of the molecule is CCCS(=O)(=O)Nc1cccc(C(O)CNCCOc2ccc3c(C4CC4)[nH]nc3c2)c1. The number of fused-ring (bicyclic) bond motifs is 1. The third-order valence-electron chi connectivity index (χ3n) is 5.44. The molecule has 32 heavy (non-hydrogen) atoms. The van der Waals surface area contributed by atoms with Crippen molar-refractivity contribution >= 4 is 26.6 Å². The monoisotopic (exact) mass is 458 g/mol. The molecule has 0 spiro atoms. The van der Waals surface area contributed by atoms with Crippen molar-refractivity contribution in [3.63, 3.8) is 0 Å². The minimum absolute atomic E-state index is 0.0656. The van der Waals surface area contributed by atoms with E-state index in [4.69, 9.17) is 4.74 Å². The van der Waals surface area contributed by atoms with Gasteiger partial charge in [-0.3, -0.25) is 9.82 Å². The Balaban J connectivity index is 1.22. The Labute approximate surface area is 188 Å². The lowest BCUT2D eigenvalue weighted by Gasteiger charge is -2.14. The Morgan fingerprint density at radius 1 is 1.25 bits per heavy atom. The van der Waals surface area contributed by atoms with E-state index in [1.54, 1.807) is 24.3 Å². The molecule has 1 aromatic heterocycles. The van der Waals surface area contributed by atoms with E-state index in [1.165, 1.54) is 23.9 Å². The maximum Gasteiger partial charge on any atom is 0.232 e. The molecule has 1 heterocycles. The second kappa shape index (κ2) is 9.89. The molecule has 0 amide bonds. The maximum absolute atomic E-state index is 11.9. The van der Waals surface area contributed by atoms with E-state index >= 15 is 0 Å². The smallest absolute Gasteiger partial charge is 0.232 e. The highest BCUT2D eigenvalue weighted by molar-refractivity contribution is 7.92. The number of aliphatic hydroxyl groups excluding tert-OH is 1. The highest BCUT2D eigenvalue weighted by Crippen LogP contribution is 2.42. The van der Waals surface area contributed by atoms with Gasteiger partial charge in [-0.2, -0.15) is 5.10 Å². The van der Waals surface area contributed by atoms with Crippen LogP contribution in [-0.4, -0.2) is 49.2 Å². The number of nitrogens with one attached hydrogen (secondary N) is 3. The van der Waals surface area contributed by atoms with Crippen LogP contribution in [0.3, 0.4) is 0 Å². The van der Waals surface area contributed by atoms with Gasteiger partial charge in [-0.25, -0.2) is 8.42 Å². The molecular formula is C23H30N4O4S. The number of ether oxygens (including phenoxy) is 1. The van der Waals surface area contributed by atoms with E-state index < -0.39 is 16.1 Å². The minimum atomic E-state index is -3.36. The van der Waals surface area contributed by atoms with Gasteiger partial charge < -0.3 is 15.2 Å². The van der Waals surface area contributed by atoms with Crippen molar-refractivity contribution in [3.05, 3.63) is 53.7 Å². The Morgan fingerprint density at radius 2 is 2.09 bits per heavy atom. The van der Waals surface area contributed by atoms with Crippen LogP contribution in [-0.2, 0) is 10.0 Å². The molecular weight excluding hydrogens is 428 g/mol. The van der Waals surface area contributed by atoms with Gasteiger partial charge in [-0.1, -0.05) is 19.1 Å². The zero-order chi connectivity index (χ0) is 22.6. The predicted octanol–water partition coefficient (Wildman–Crippen LogP) is 3.29. The number of aromatic nitrogens is 2. The number of aromatic amines is 1. The lowest BCUT2D eigenvalue weighted by atomic mass is 10.1. The molecule has 172 valence electrons. The molecule has 1 aliphatic carbocycles. The van der Waals surface area contributed by atoms with Gasteiger partial charge in [0.1, 0.15) is 12.4 Å². The lowest BCUT2D eigenvalue weighted by molar-refractivity contribution is 0.172. The Bertz CT molecular complexity index is 1160. The number of anilines is 1. The molecule has 0 radical (unpaired) electrons. The van der Waals surface area contributed by atoms with Crippen LogP contribution < -0.4 is 14.8 Å². The second-order valence-electron chi connectivity index (χ2n) is 8.21. The number of benzene rings is 2. The first-order chi connectivity index (χ1) is 15.4. The summed E-state index contributed by atoms with van der Waals surface area (Å²) >= 11 is 0. The number of H-pyrrole nitrogens is 1. The van der Waals surface area contributed by atoms with Gasteiger partial charge in [0.05, 0.1) is 17.4 Å². The van der Waals surface area contributed by atoms with Gasteiger partial charge in [0.15, 0.2) is 0 Å². The van der Waals surface area contributed by atoms with Crippen molar-refractivity contribution in [1.82, 2.24) is 15.5 Å². The molecule has 1 aliphatic rings.